The summed E-state index contributed by atoms with van der Waals surface area (Å²) in [5.74, 6) is 0.585. The van der Waals surface area contributed by atoms with Crippen molar-refractivity contribution in [3.05, 3.63) is 53.1 Å². The van der Waals surface area contributed by atoms with E-state index in [1.807, 2.05) is 19.1 Å². The van der Waals surface area contributed by atoms with Crippen LogP contribution in [0.2, 0.25) is 0 Å². The van der Waals surface area contributed by atoms with E-state index in [9.17, 15) is 4.39 Å². The van der Waals surface area contributed by atoms with Crippen LogP contribution in [0.3, 0.4) is 0 Å². The second-order valence-electron chi connectivity index (χ2n) is 6.42. The van der Waals surface area contributed by atoms with Crippen molar-refractivity contribution in [1.82, 2.24) is 14.7 Å². The first-order valence-corrected chi connectivity index (χ1v) is 8.08. The van der Waals surface area contributed by atoms with Gasteiger partial charge in [0.15, 0.2) is 0 Å². The number of piperidine rings is 1. The van der Waals surface area contributed by atoms with Crippen LogP contribution in [0.15, 0.2) is 30.3 Å². The molecule has 0 bridgehead atoms. The van der Waals surface area contributed by atoms with Crippen LogP contribution in [0.5, 0.6) is 0 Å². The van der Waals surface area contributed by atoms with Gasteiger partial charge in [-0.25, -0.2) is 4.39 Å². The van der Waals surface area contributed by atoms with Gasteiger partial charge in [0.25, 0.3) is 0 Å². The van der Waals surface area contributed by atoms with Gasteiger partial charge in [-0.05, 0) is 57.8 Å². The van der Waals surface area contributed by atoms with E-state index >= 15 is 0 Å². The van der Waals surface area contributed by atoms with Crippen LogP contribution < -0.4 is 0 Å². The first kappa shape index (κ1) is 15.2. The molecule has 1 aromatic carbocycles. The minimum atomic E-state index is -0.0905. The van der Waals surface area contributed by atoms with E-state index in [-0.39, 0.29) is 5.82 Å². The zero-order chi connectivity index (χ0) is 15.5. The number of halogens is 1. The Morgan fingerprint density at radius 3 is 2.55 bits per heavy atom. The summed E-state index contributed by atoms with van der Waals surface area (Å²) < 4.78 is 15.8. The van der Waals surface area contributed by atoms with Gasteiger partial charge in [-0.3, -0.25) is 9.58 Å². The molecule has 0 radical (unpaired) electrons. The molecule has 0 spiro atoms. The molecule has 2 heterocycles. The van der Waals surface area contributed by atoms with Crippen LogP contribution in [0.25, 0.3) is 0 Å². The zero-order valence-electron chi connectivity index (χ0n) is 13.4. The molecule has 0 unspecified atom stereocenters. The van der Waals surface area contributed by atoms with E-state index in [1.165, 1.54) is 5.69 Å². The fourth-order valence-electron chi connectivity index (χ4n) is 3.30. The molecule has 2 aromatic rings. The second kappa shape index (κ2) is 6.61. The van der Waals surface area contributed by atoms with Crippen molar-refractivity contribution in [3.8, 4) is 0 Å². The predicted molar refractivity (Wildman–Crippen MR) is 86.1 cm³/mol. The number of hydrogen-bond acceptors (Lipinski definition) is 2. The molecule has 1 aliphatic rings. The molecule has 0 N–H and O–H groups in total. The summed E-state index contributed by atoms with van der Waals surface area (Å²) in [4.78, 5) is 2.36. The SMILES string of the molecule is Cc1cc(C)n(CC2CCN(Cc3ccccc3F)CC2)n1. The summed E-state index contributed by atoms with van der Waals surface area (Å²) in [5.41, 5.74) is 3.14. The minimum absolute atomic E-state index is 0.0905. The van der Waals surface area contributed by atoms with Gasteiger partial charge in [0, 0.05) is 24.3 Å². The lowest BCUT2D eigenvalue weighted by Crippen LogP contribution is -2.35. The minimum Gasteiger partial charge on any atom is -0.299 e. The summed E-state index contributed by atoms with van der Waals surface area (Å²) in [6.07, 6.45) is 2.32. The van der Waals surface area contributed by atoms with Crippen molar-refractivity contribution in [2.24, 2.45) is 5.92 Å². The standard InChI is InChI=1S/C18H24FN3/c1-14-11-15(2)22(20-14)12-16-7-9-21(10-8-16)13-17-5-3-4-6-18(17)19/h3-6,11,16H,7-10,12-13H2,1-2H3. The predicted octanol–water partition coefficient (Wildman–Crippen LogP) is 3.55. The summed E-state index contributed by atoms with van der Waals surface area (Å²) in [7, 11) is 0. The second-order valence-corrected chi connectivity index (χ2v) is 6.42. The van der Waals surface area contributed by atoms with Crippen LogP contribution in [-0.4, -0.2) is 27.8 Å². The molecule has 3 rings (SSSR count). The molecule has 118 valence electrons. The van der Waals surface area contributed by atoms with Crippen LogP contribution in [0.4, 0.5) is 4.39 Å². The van der Waals surface area contributed by atoms with Crippen molar-refractivity contribution in [2.75, 3.05) is 13.1 Å². The molecule has 0 aliphatic carbocycles. The Morgan fingerprint density at radius 2 is 1.91 bits per heavy atom. The summed E-state index contributed by atoms with van der Waals surface area (Å²) >= 11 is 0. The average molecular weight is 301 g/mol. The van der Waals surface area contributed by atoms with E-state index < -0.39 is 0 Å². The highest BCUT2D eigenvalue weighted by atomic mass is 19.1. The van der Waals surface area contributed by atoms with Crippen LogP contribution >= 0.6 is 0 Å². The fraction of sp³-hybridized carbons (Fsp3) is 0.500. The Morgan fingerprint density at radius 1 is 1.18 bits per heavy atom. The molecule has 4 heteroatoms. The smallest absolute Gasteiger partial charge is 0.127 e. The van der Waals surface area contributed by atoms with Gasteiger partial charge in [-0.2, -0.15) is 5.10 Å². The first-order valence-electron chi connectivity index (χ1n) is 8.08. The van der Waals surface area contributed by atoms with Gasteiger partial charge in [0.1, 0.15) is 5.82 Å². The fourth-order valence-corrected chi connectivity index (χ4v) is 3.30. The third-order valence-electron chi connectivity index (χ3n) is 4.59. The Labute approximate surface area is 131 Å². The zero-order valence-corrected chi connectivity index (χ0v) is 13.4. The molecular formula is C18H24FN3. The molecule has 0 amide bonds. The number of benzene rings is 1. The Balaban J connectivity index is 1.52. The van der Waals surface area contributed by atoms with Crippen molar-refractivity contribution in [3.63, 3.8) is 0 Å². The van der Waals surface area contributed by atoms with Crippen LogP contribution in [0.1, 0.15) is 29.8 Å². The summed E-state index contributed by atoms with van der Waals surface area (Å²) in [6, 6.07) is 9.23. The number of aryl methyl sites for hydroxylation is 2. The maximum atomic E-state index is 13.7. The number of likely N-dealkylation sites (tertiary alicyclic amines) is 1. The number of hydrogen-bond donors (Lipinski definition) is 0. The summed E-state index contributed by atoms with van der Waals surface area (Å²) in [5, 5.41) is 4.56. The molecule has 3 nitrogen and oxygen atoms in total. The van der Waals surface area contributed by atoms with Gasteiger partial charge in [-0.15, -0.1) is 0 Å². The molecule has 1 saturated heterocycles. The lowest BCUT2D eigenvalue weighted by Gasteiger charge is -2.32. The maximum absolute atomic E-state index is 13.7. The highest BCUT2D eigenvalue weighted by Crippen LogP contribution is 2.22. The van der Waals surface area contributed by atoms with Gasteiger partial charge >= 0.3 is 0 Å². The van der Waals surface area contributed by atoms with E-state index in [0.29, 0.717) is 5.92 Å². The maximum Gasteiger partial charge on any atom is 0.127 e. The Hall–Kier alpha value is -1.68. The molecule has 0 saturated carbocycles. The van der Waals surface area contributed by atoms with Crippen molar-refractivity contribution in [1.29, 1.82) is 0 Å². The van der Waals surface area contributed by atoms with Crippen LogP contribution in [-0.2, 0) is 13.1 Å². The monoisotopic (exact) mass is 301 g/mol. The highest BCUT2D eigenvalue weighted by Gasteiger charge is 2.21. The normalized spacial score (nSPS) is 17.0. The average Bonchev–Trinajstić information content (AvgIpc) is 2.81. The largest absolute Gasteiger partial charge is 0.299 e. The van der Waals surface area contributed by atoms with E-state index in [2.05, 4.69) is 27.7 Å². The first-order chi connectivity index (χ1) is 10.6. The van der Waals surface area contributed by atoms with Crippen molar-refractivity contribution in [2.45, 2.75) is 39.8 Å². The van der Waals surface area contributed by atoms with Crippen LogP contribution in [0, 0.1) is 25.6 Å². The van der Waals surface area contributed by atoms with E-state index in [1.54, 1.807) is 12.1 Å². The molecule has 0 atom stereocenters. The Kier molecular flexibility index (Phi) is 4.57. The quantitative estimate of drug-likeness (QED) is 0.861. The van der Waals surface area contributed by atoms with Gasteiger partial charge in [0.05, 0.1) is 5.69 Å². The number of rotatable bonds is 4. The number of aromatic nitrogens is 2. The van der Waals surface area contributed by atoms with Crippen molar-refractivity contribution < 1.29 is 4.39 Å². The molecule has 22 heavy (non-hydrogen) atoms. The van der Waals surface area contributed by atoms with E-state index in [0.717, 1.165) is 50.3 Å². The highest BCUT2D eigenvalue weighted by molar-refractivity contribution is 5.17. The summed E-state index contributed by atoms with van der Waals surface area (Å²) in [6.45, 7) is 7.97. The third kappa shape index (κ3) is 3.55. The van der Waals surface area contributed by atoms with Gasteiger partial charge in [-0.1, -0.05) is 18.2 Å². The van der Waals surface area contributed by atoms with Gasteiger partial charge < -0.3 is 0 Å². The lowest BCUT2D eigenvalue weighted by atomic mass is 9.96. The van der Waals surface area contributed by atoms with Crippen molar-refractivity contribution >= 4 is 0 Å². The van der Waals surface area contributed by atoms with E-state index in [4.69, 9.17) is 0 Å². The molecule has 1 fully saturated rings. The topological polar surface area (TPSA) is 21.1 Å². The molecular weight excluding hydrogens is 277 g/mol. The lowest BCUT2D eigenvalue weighted by molar-refractivity contribution is 0.162. The Bertz CT molecular complexity index is 627. The molecule has 1 aliphatic heterocycles. The number of nitrogens with zero attached hydrogens (tertiary/aromatic N) is 3. The molecule has 1 aromatic heterocycles. The third-order valence-corrected chi connectivity index (χ3v) is 4.59. The van der Waals surface area contributed by atoms with Gasteiger partial charge in [0.2, 0.25) is 0 Å².